The second-order valence-electron chi connectivity index (χ2n) is 26.9. The van der Waals surface area contributed by atoms with E-state index in [1.54, 1.807) is 0 Å². The molecule has 0 fully saturated rings. The summed E-state index contributed by atoms with van der Waals surface area (Å²) < 4.78 is 22.9. The van der Waals surface area contributed by atoms with Crippen LogP contribution in [0.5, 0.6) is 0 Å². The lowest BCUT2D eigenvalue weighted by molar-refractivity contribution is -0.870. The number of hydrogen-bond acceptors (Lipinski definition) is 8. The highest BCUT2D eigenvalue weighted by Gasteiger charge is 2.22. The maximum atomic E-state index is 13.0. The standard InChI is InChI=1S/C86H145NO8/c1-6-8-10-12-14-16-18-20-22-24-26-28-30-32-34-36-38-39-40-41-42-43-44-45-47-49-51-53-55-57-59-61-63-65-67-69-71-73-75-77-84(89)95-82(81-94-86(85(90)91)92-79-78-87(3,4)5)80-93-83(88)76-74-72-70-68-66-64-62-60-58-56-54-52-50-48-46-37-35-33-31-29-27-25-23-21-19-17-15-13-11-9-7-2/h8-11,14-17,20-23,26-29,32,34,38-39,41-42,44-45,82,86H,6-7,12-13,18-19,24-25,30-31,33,35-37,40,43,46-81H2,1-5H3/b10-8-,11-9-,16-14-,17-15-,22-20-,23-21-,28-26-,29-27-,34-32-,39-38-,42-41-,45-44-. The Balaban J connectivity index is 4.06. The van der Waals surface area contributed by atoms with Crippen LogP contribution >= 0.6 is 0 Å². The van der Waals surface area contributed by atoms with Crippen LogP contribution in [0.4, 0.5) is 0 Å². The van der Waals surface area contributed by atoms with Gasteiger partial charge in [0.2, 0.25) is 0 Å². The Kier molecular flexibility index (Phi) is 71.1. The molecule has 0 amide bonds. The molecule has 95 heavy (non-hydrogen) atoms. The Morgan fingerprint density at radius 1 is 0.316 bits per heavy atom. The van der Waals surface area contributed by atoms with Crippen LogP contribution in [0.15, 0.2) is 146 Å². The molecule has 0 aromatic rings. The maximum Gasteiger partial charge on any atom is 0.306 e. The summed E-state index contributed by atoms with van der Waals surface area (Å²) in [5.74, 6) is -2.28. The van der Waals surface area contributed by atoms with Crippen molar-refractivity contribution in [3.8, 4) is 0 Å². The number of carboxylic acids is 1. The molecule has 0 saturated heterocycles. The molecular weight excluding hydrogens is 1170 g/mol. The van der Waals surface area contributed by atoms with E-state index in [9.17, 15) is 19.5 Å². The summed E-state index contributed by atoms with van der Waals surface area (Å²) >= 11 is 0. The summed E-state index contributed by atoms with van der Waals surface area (Å²) in [4.78, 5) is 37.6. The zero-order valence-electron chi connectivity index (χ0n) is 62.0. The summed E-state index contributed by atoms with van der Waals surface area (Å²) in [5.41, 5.74) is 0. The van der Waals surface area contributed by atoms with E-state index in [1.165, 1.54) is 173 Å². The molecule has 0 aliphatic heterocycles. The molecule has 0 rings (SSSR count). The normalized spacial score (nSPS) is 13.5. The van der Waals surface area contributed by atoms with Gasteiger partial charge >= 0.3 is 11.9 Å². The van der Waals surface area contributed by atoms with Crippen molar-refractivity contribution in [3.05, 3.63) is 146 Å². The van der Waals surface area contributed by atoms with Gasteiger partial charge in [-0.2, -0.15) is 0 Å². The highest BCUT2D eigenvalue weighted by atomic mass is 16.7. The molecule has 2 atom stereocenters. The van der Waals surface area contributed by atoms with E-state index in [2.05, 4.69) is 160 Å². The fourth-order valence-electron chi connectivity index (χ4n) is 10.7. The third kappa shape index (κ3) is 76.4. The highest BCUT2D eigenvalue weighted by molar-refractivity contribution is 5.70. The summed E-state index contributed by atoms with van der Waals surface area (Å²) in [5, 5.41) is 11.9. The monoisotopic (exact) mass is 1320 g/mol. The van der Waals surface area contributed by atoms with Crippen LogP contribution in [0.3, 0.4) is 0 Å². The maximum absolute atomic E-state index is 13.0. The first-order valence-corrected chi connectivity index (χ1v) is 39.0. The van der Waals surface area contributed by atoms with E-state index < -0.39 is 24.3 Å². The number of unbranched alkanes of at least 4 members (excludes halogenated alkanes) is 32. The molecule has 0 aliphatic rings. The summed E-state index contributed by atoms with van der Waals surface area (Å²) in [6.07, 6.45) is 107. The predicted octanol–water partition coefficient (Wildman–Crippen LogP) is 23.7. The molecule has 0 bridgehead atoms. The van der Waals surface area contributed by atoms with E-state index in [-0.39, 0.29) is 38.6 Å². The highest BCUT2D eigenvalue weighted by Crippen LogP contribution is 2.18. The van der Waals surface area contributed by atoms with Gasteiger partial charge < -0.3 is 33.3 Å². The van der Waals surface area contributed by atoms with E-state index >= 15 is 0 Å². The number of carbonyl (C=O) groups is 3. The number of esters is 2. The Bertz CT molecular complexity index is 2080. The fourth-order valence-corrected chi connectivity index (χ4v) is 10.7. The van der Waals surface area contributed by atoms with Crippen molar-refractivity contribution in [1.29, 1.82) is 0 Å². The van der Waals surface area contributed by atoms with E-state index in [1.807, 2.05) is 21.1 Å². The lowest BCUT2D eigenvalue weighted by Gasteiger charge is -2.26. The Labute approximate surface area is 585 Å². The van der Waals surface area contributed by atoms with Crippen LogP contribution in [0.25, 0.3) is 0 Å². The molecule has 542 valence electrons. The molecule has 0 spiro atoms. The average Bonchev–Trinajstić information content (AvgIpc) is 2.92. The smallest absolute Gasteiger partial charge is 0.306 e. The molecule has 9 heteroatoms. The molecule has 0 radical (unpaired) electrons. The molecule has 0 aromatic heterocycles. The van der Waals surface area contributed by atoms with Gasteiger partial charge in [-0.15, -0.1) is 0 Å². The number of quaternary nitrogens is 1. The van der Waals surface area contributed by atoms with Crippen molar-refractivity contribution < 1.29 is 42.9 Å². The van der Waals surface area contributed by atoms with Crippen molar-refractivity contribution in [2.24, 2.45) is 0 Å². The Hall–Kier alpha value is -4.83. The average molecular weight is 1320 g/mol. The number of aliphatic carboxylic acids is 1. The number of hydrogen-bond donors (Lipinski definition) is 0. The minimum atomic E-state index is -1.63. The number of rotatable bonds is 71. The van der Waals surface area contributed by atoms with Gasteiger partial charge in [-0.25, -0.2) is 0 Å². The topological polar surface area (TPSA) is 111 Å². The number of carboxylic acid groups (broad SMARTS) is 1. The number of likely N-dealkylation sites (N-methyl/N-ethyl adjacent to an activating group) is 1. The molecule has 0 heterocycles. The molecular formula is C86H145NO8. The van der Waals surface area contributed by atoms with Gasteiger partial charge in [-0.3, -0.25) is 9.59 Å². The first-order chi connectivity index (χ1) is 46.6. The minimum absolute atomic E-state index is 0.144. The largest absolute Gasteiger partial charge is 0.545 e. The Morgan fingerprint density at radius 3 is 0.842 bits per heavy atom. The first-order valence-electron chi connectivity index (χ1n) is 39.0. The van der Waals surface area contributed by atoms with Crippen LogP contribution < -0.4 is 5.11 Å². The third-order valence-corrected chi connectivity index (χ3v) is 16.6. The Morgan fingerprint density at radius 2 is 0.568 bits per heavy atom. The van der Waals surface area contributed by atoms with E-state index in [0.717, 1.165) is 116 Å². The molecule has 9 nitrogen and oxygen atoms in total. The zero-order chi connectivity index (χ0) is 69.0. The van der Waals surface area contributed by atoms with E-state index in [4.69, 9.17) is 18.9 Å². The minimum Gasteiger partial charge on any atom is -0.545 e. The lowest BCUT2D eigenvalue weighted by Crippen LogP contribution is -2.44. The van der Waals surface area contributed by atoms with Crippen molar-refractivity contribution in [2.45, 2.75) is 334 Å². The van der Waals surface area contributed by atoms with Crippen LogP contribution in [0, 0.1) is 0 Å². The third-order valence-electron chi connectivity index (χ3n) is 16.6. The molecule has 0 aliphatic carbocycles. The van der Waals surface area contributed by atoms with Crippen LogP contribution in [0.1, 0.15) is 322 Å². The molecule has 2 unspecified atom stereocenters. The van der Waals surface area contributed by atoms with Gasteiger partial charge in [0.05, 0.1) is 40.3 Å². The van der Waals surface area contributed by atoms with Crippen LogP contribution in [-0.2, 0) is 33.3 Å². The van der Waals surface area contributed by atoms with Crippen LogP contribution in [-0.4, -0.2) is 82.3 Å². The number of nitrogens with zero attached hydrogens (tertiary/aromatic N) is 1. The second-order valence-corrected chi connectivity index (χ2v) is 26.9. The van der Waals surface area contributed by atoms with Crippen molar-refractivity contribution in [2.75, 3.05) is 47.5 Å². The summed E-state index contributed by atoms with van der Waals surface area (Å²) in [6.45, 7) is 4.54. The van der Waals surface area contributed by atoms with Crippen molar-refractivity contribution in [3.63, 3.8) is 0 Å². The second kappa shape index (κ2) is 75.0. The SMILES string of the molecule is CC/C=C\C/C=C\C/C=C\C/C=C\C/C=C\C/C=C\C/C=C\C/C=C\CCCCCCCCCCCCCCCCC(=O)OC(COC(=O)CCCCCCCCCCCCCCCCCCCC/C=C\C/C=C\C/C=C\C/C=C\CC)COC(OCC[N+](C)(C)C)C(=O)[O-]. The first kappa shape index (κ1) is 90.2. The summed E-state index contributed by atoms with van der Waals surface area (Å²) in [7, 11) is 5.94. The van der Waals surface area contributed by atoms with Crippen molar-refractivity contribution in [1.82, 2.24) is 0 Å². The number of ether oxygens (including phenoxy) is 4. The van der Waals surface area contributed by atoms with Gasteiger partial charge in [-0.05, 0) is 116 Å². The zero-order valence-corrected chi connectivity index (χ0v) is 62.0. The quantitative estimate of drug-likeness (QED) is 0.0195. The summed E-state index contributed by atoms with van der Waals surface area (Å²) in [6, 6.07) is 0. The molecule has 0 N–H and O–H groups in total. The van der Waals surface area contributed by atoms with Gasteiger partial charge in [0.1, 0.15) is 13.2 Å². The lowest BCUT2D eigenvalue weighted by atomic mass is 10.0. The predicted molar refractivity (Wildman–Crippen MR) is 407 cm³/mol. The van der Waals surface area contributed by atoms with Crippen molar-refractivity contribution >= 4 is 17.9 Å². The van der Waals surface area contributed by atoms with Crippen LogP contribution in [0.2, 0.25) is 0 Å². The molecule has 0 saturated carbocycles. The van der Waals surface area contributed by atoms with Gasteiger partial charge in [0.25, 0.3) is 0 Å². The van der Waals surface area contributed by atoms with Gasteiger partial charge in [-0.1, -0.05) is 339 Å². The van der Waals surface area contributed by atoms with E-state index in [0.29, 0.717) is 17.4 Å². The fraction of sp³-hybridized carbons (Fsp3) is 0.686. The number of allylic oxidation sites excluding steroid dienone is 24. The van der Waals surface area contributed by atoms with Gasteiger partial charge in [0, 0.05) is 12.8 Å². The molecule has 0 aromatic carbocycles. The van der Waals surface area contributed by atoms with Gasteiger partial charge in [0.15, 0.2) is 12.4 Å². The number of carbonyl (C=O) groups excluding carboxylic acids is 3.